The third kappa shape index (κ3) is 4.60. The number of para-hydroxylation sites is 2. The first-order valence-corrected chi connectivity index (χ1v) is 10.1. The molecule has 3 aromatic carbocycles. The lowest BCUT2D eigenvalue weighted by Gasteiger charge is -2.12. The zero-order valence-electron chi connectivity index (χ0n) is 17.0. The van der Waals surface area contributed by atoms with Crippen LogP contribution in [-0.2, 0) is 19.6 Å². The summed E-state index contributed by atoms with van der Waals surface area (Å²) in [6.45, 7) is 5.92. The zero-order valence-corrected chi connectivity index (χ0v) is 17.0. The van der Waals surface area contributed by atoms with E-state index in [-0.39, 0.29) is 0 Å². The van der Waals surface area contributed by atoms with Crippen molar-refractivity contribution in [1.29, 1.82) is 0 Å². The normalized spacial score (nSPS) is 11.0. The molecule has 0 aliphatic heterocycles. The highest BCUT2D eigenvalue weighted by Gasteiger charge is 2.11. The lowest BCUT2D eigenvalue weighted by atomic mass is 10.2. The van der Waals surface area contributed by atoms with Crippen molar-refractivity contribution in [2.24, 2.45) is 0 Å². The number of aromatic nitrogens is 2. The van der Waals surface area contributed by atoms with Crippen molar-refractivity contribution in [1.82, 2.24) is 9.55 Å². The van der Waals surface area contributed by atoms with Gasteiger partial charge in [0.2, 0.25) is 0 Å². The molecule has 4 heteroatoms. The molecule has 0 radical (unpaired) electrons. The highest BCUT2D eigenvalue weighted by molar-refractivity contribution is 5.75. The highest BCUT2D eigenvalue weighted by atomic mass is 16.5. The van der Waals surface area contributed by atoms with Gasteiger partial charge in [-0.05, 0) is 60.9 Å². The second-order valence-electron chi connectivity index (χ2n) is 7.12. The molecule has 0 spiro atoms. The molecule has 4 nitrogen and oxygen atoms in total. The van der Waals surface area contributed by atoms with Crippen molar-refractivity contribution < 1.29 is 9.47 Å². The Labute approximate surface area is 171 Å². The number of rotatable bonds is 8. The summed E-state index contributed by atoms with van der Waals surface area (Å²) in [7, 11) is 0. The monoisotopic (exact) mass is 386 g/mol. The molecule has 29 heavy (non-hydrogen) atoms. The van der Waals surface area contributed by atoms with E-state index in [2.05, 4.69) is 42.7 Å². The SMILES string of the molecule is CCc1ccc(OCCn2c(COc3cccc(C)c3)nc3ccccc32)cc1. The van der Waals surface area contributed by atoms with E-state index in [0.29, 0.717) is 19.8 Å². The molecule has 4 aromatic rings. The first kappa shape index (κ1) is 19.1. The van der Waals surface area contributed by atoms with Crippen LogP contribution in [0.25, 0.3) is 11.0 Å². The smallest absolute Gasteiger partial charge is 0.148 e. The first-order chi connectivity index (χ1) is 14.2. The van der Waals surface area contributed by atoms with E-state index in [9.17, 15) is 0 Å². The van der Waals surface area contributed by atoms with Crippen molar-refractivity contribution in [3.05, 3.63) is 89.7 Å². The fourth-order valence-electron chi connectivity index (χ4n) is 3.41. The molecule has 1 aromatic heterocycles. The van der Waals surface area contributed by atoms with Crippen molar-refractivity contribution in [2.45, 2.75) is 33.4 Å². The average Bonchev–Trinajstić information content (AvgIpc) is 3.10. The molecule has 0 aliphatic carbocycles. The molecule has 0 atom stereocenters. The Balaban J connectivity index is 1.48. The number of ether oxygens (including phenoxy) is 2. The maximum Gasteiger partial charge on any atom is 0.148 e. The van der Waals surface area contributed by atoms with E-state index in [1.165, 1.54) is 11.1 Å². The quantitative estimate of drug-likeness (QED) is 0.397. The standard InChI is InChI=1S/C25H26N2O2/c1-3-20-11-13-21(14-12-20)28-16-15-27-24-10-5-4-9-23(24)26-25(27)18-29-22-8-6-7-19(2)17-22/h4-14,17H,3,15-16,18H2,1-2H3. The molecule has 148 valence electrons. The predicted octanol–water partition coefficient (Wildman–Crippen LogP) is 5.57. The highest BCUT2D eigenvalue weighted by Crippen LogP contribution is 2.20. The van der Waals surface area contributed by atoms with Gasteiger partial charge in [-0.25, -0.2) is 4.98 Å². The Hall–Kier alpha value is -3.27. The average molecular weight is 386 g/mol. The largest absolute Gasteiger partial charge is 0.492 e. The summed E-state index contributed by atoms with van der Waals surface area (Å²) in [6.07, 6.45) is 1.03. The molecular formula is C25H26N2O2. The molecule has 0 bridgehead atoms. The minimum absolute atomic E-state index is 0.420. The van der Waals surface area contributed by atoms with Gasteiger partial charge in [0.05, 0.1) is 17.6 Å². The Bertz CT molecular complexity index is 1080. The number of hydrogen-bond acceptors (Lipinski definition) is 3. The molecule has 0 aliphatic rings. The number of imidazole rings is 1. The van der Waals surface area contributed by atoms with Gasteiger partial charge in [-0.15, -0.1) is 0 Å². The molecule has 4 rings (SSSR count). The van der Waals surface area contributed by atoms with E-state index in [0.717, 1.165) is 34.8 Å². The van der Waals surface area contributed by atoms with Crippen LogP contribution in [0.15, 0.2) is 72.8 Å². The number of fused-ring (bicyclic) bond motifs is 1. The van der Waals surface area contributed by atoms with Crippen molar-refractivity contribution >= 4 is 11.0 Å². The van der Waals surface area contributed by atoms with Crippen LogP contribution in [-0.4, -0.2) is 16.2 Å². The molecule has 0 fully saturated rings. The number of hydrogen-bond donors (Lipinski definition) is 0. The van der Waals surface area contributed by atoms with Crippen molar-refractivity contribution in [3.8, 4) is 11.5 Å². The Morgan fingerprint density at radius 1 is 0.862 bits per heavy atom. The van der Waals surface area contributed by atoms with Crippen LogP contribution in [0.2, 0.25) is 0 Å². The van der Waals surface area contributed by atoms with Gasteiger partial charge in [0.25, 0.3) is 0 Å². The van der Waals surface area contributed by atoms with Gasteiger partial charge < -0.3 is 14.0 Å². The maximum atomic E-state index is 6.01. The molecule has 0 N–H and O–H groups in total. The Morgan fingerprint density at radius 2 is 1.69 bits per heavy atom. The van der Waals surface area contributed by atoms with Gasteiger partial charge in [0, 0.05) is 0 Å². The summed E-state index contributed by atoms with van der Waals surface area (Å²) < 4.78 is 14.2. The third-order valence-electron chi connectivity index (χ3n) is 5.01. The number of aryl methyl sites for hydroxylation is 2. The van der Waals surface area contributed by atoms with Crippen LogP contribution in [0, 0.1) is 6.92 Å². The molecule has 0 saturated heterocycles. The number of nitrogens with zero attached hydrogens (tertiary/aromatic N) is 2. The van der Waals surface area contributed by atoms with E-state index in [1.807, 2.05) is 48.5 Å². The minimum atomic E-state index is 0.420. The molecule has 0 saturated carbocycles. The van der Waals surface area contributed by atoms with Crippen LogP contribution in [0.4, 0.5) is 0 Å². The first-order valence-electron chi connectivity index (χ1n) is 10.1. The minimum Gasteiger partial charge on any atom is -0.492 e. The van der Waals surface area contributed by atoms with Crippen LogP contribution in [0.5, 0.6) is 11.5 Å². The predicted molar refractivity (Wildman–Crippen MR) is 117 cm³/mol. The maximum absolute atomic E-state index is 6.01. The van der Waals surface area contributed by atoms with E-state index in [1.54, 1.807) is 0 Å². The van der Waals surface area contributed by atoms with Crippen molar-refractivity contribution in [3.63, 3.8) is 0 Å². The number of benzene rings is 3. The molecule has 1 heterocycles. The Morgan fingerprint density at radius 3 is 2.48 bits per heavy atom. The van der Waals surface area contributed by atoms with Gasteiger partial charge in [0.15, 0.2) is 0 Å². The van der Waals surface area contributed by atoms with Crippen molar-refractivity contribution in [2.75, 3.05) is 6.61 Å². The fraction of sp³-hybridized carbons (Fsp3) is 0.240. The third-order valence-corrected chi connectivity index (χ3v) is 5.01. The van der Waals surface area contributed by atoms with Gasteiger partial charge >= 0.3 is 0 Å². The summed E-state index contributed by atoms with van der Waals surface area (Å²) in [5, 5.41) is 0. The van der Waals surface area contributed by atoms with Gasteiger partial charge in [-0.2, -0.15) is 0 Å². The molecule has 0 amide bonds. The zero-order chi connectivity index (χ0) is 20.1. The fourth-order valence-corrected chi connectivity index (χ4v) is 3.41. The summed E-state index contributed by atoms with van der Waals surface area (Å²) in [6, 6.07) is 24.6. The van der Waals surface area contributed by atoms with Gasteiger partial charge in [0.1, 0.15) is 30.5 Å². The lowest BCUT2D eigenvalue weighted by Crippen LogP contribution is -2.13. The van der Waals surface area contributed by atoms with Crippen LogP contribution >= 0.6 is 0 Å². The van der Waals surface area contributed by atoms with Crippen LogP contribution in [0.1, 0.15) is 23.9 Å². The summed E-state index contributed by atoms with van der Waals surface area (Å²) in [5.41, 5.74) is 4.56. The molecule has 0 unspecified atom stereocenters. The summed E-state index contributed by atoms with van der Waals surface area (Å²) >= 11 is 0. The second kappa shape index (κ2) is 8.82. The van der Waals surface area contributed by atoms with Gasteiger partial charge in [-0.3, -0.25) is 0 Å². The van der Waals surface area contributed by atoms with Crippen LogP contribution in [0.3, 0.4) is 0 Å². The van der Waals surface area contributed by atoms with Gasteiger partial charge in [-0.1, -0.05) is 43.3 Å². The lowest BCUT2D eigenvalue weighted by molar-refractivity contribution is 0.272. The Kier molecular flexibility index (Phi) is 5.80. The topological polar surface area (TPSA) is 36.3 Å². The summed E-state index contributed by atoms with van der Waals surface area (Å²) in [4.78, 5) is 4.78. The molecular weight excluding hydrogens is 360 g/mol. The van der Waals surface area contributed by atoms with Crippen LogP contribution < -0.4 is 9.47 Å². The summed E-state index contributed by atoms with van der Waals surface area (Å²) in [5.74, 6) is 2.65. The second-order valence-corrected chi connectivity index (χ2v) is 7.12. The van der Waals surface area contributed by atoms with E-state index < -0.39 is 0 Å². The van der Waals surface area contributed by atoms with E-state index in [4.69, 9.17) is 14.5 Å². The van der Waals surface area contributed by atoms with E-state index >= 15 is 0 Å².